The second-order valence-electron chi connectivity index (χ2n) is 18.7. The summed E-state index contributed by atoms with van der Waals surface area (Å²) in [5.41, 5.74) is 6.54. The number of aromatic nitrogens is 4. The number of fused-ring (bicyclic) bond motifs is 7. The molecule has 356 valence electrons. The lowest BCUT2D eigenvalue weighted by Crippen LogP contribution is -2.51. The molecule has 68 heavy (non-hydrogen) atoms. The largest absolute Gasteiger partial charge is 0.453 e. The van der Waals surface area contributed by atoms with E-state index in [9.17, 15) is 19.2 Å². The van der Waals surface area contributed by atoms with Crippen molar-refractivity contribution < 1.29 is 38.1 Å². The van der Waals surface area contributed by atoms with E-state index in [-0.39, 0.29) is 41.8 Å². The standard InChI is InChI=1S/C52H60N8O8/c1-29(2)44(57-51(63)65-5)49(61)59-18-7-9-42(59)47-53-26-40(54-47)36-17-16-35-22-37-21-33(14-15-34(37)23-38(35)24-36)31-10-12-32(13-11-31)46-41-28-67-19-8-20-68-39-25-43(48(55-41)56-46)60(27-39)50(62)45(30(3)4)58-52(64)66-6/h10-17,21-24,26,29-30,39,42-45H,7-9,18-20,25,27-28H2,1-6H3,(H,53,54)(H,55,56)(H,57,63)(H,58,64)/t39-,42-,43-,44+,45-/m0/s1. The molecule has 16 nitrogen and oxygen atoms in total. The zero-order chi connectivity index (χ0) is 47.6. The topological polar surface area (TPSA) is 193 Å². The molecule has 0 aliphatic carbocycles. The highest BCUT2D eigenvalue weighted by Gasteiger charge is 2.43. The van der Waals surface area contributed by atoms with Crippen LogP contribution in [0, 0.1) is 11.8 Å². The Morgan fingerprint density at radius 2 is 1.31 bits per heavy atom. The van der Waals surface area contributed by atoms with Gasteiger partial charge in [0.15, 0.2) is 0 Å². The van der Waals surface area contributed by atoms with E-state index in [1.165, 1.54) is 14.2 Å². The zero-order valence-electron chi connectivity index (χ0n) is 39.5. The summed E-state index contributed by atoms with van der Waals surface area (Å²) in [4.78, 5) is 72.6. The lowest BCUT2D eigenvalue weighted by atomic mass is 9.96. The van der Waals surface area contributed by atoms with Crippen molar-refractivity contribution in [2.24, 2.45) is 11.8 Å². The fraction of sp³-hybridized carbons (Fsp3) is 0.423. The number of ether oxygens (including phenoxy) is 4. The van der Waals surface area contributed by atoms with Crippen LogP contribution in [0.4, 0.5) is 9.59 Å². The van der Waals surface area contributed by atoms with Gasteiger partial charge in [0.1, 0.15) is 23.7 Å². The summed E-state index contributed by atoms with van der Waals surface area (Å²) < 4.78 is 21.9. The van der Waals surface area contributed by atoms with Gasteiger partial charge in [0.2, 0.25) is 11.8 Å². The smallest absolute Gasteiger partial charge is 0.407 e. The molecular formula is C52H60N8O8. The molecule has 6 aromatic rings. The third-order valence-corrected chi connectivity index (χ3v) is 13.5. The monoisotopic (exact) mass is 924 g/mol. The van der Waals surface area contributed by atoms with Crippen molar-refractivity contribution in [3.05, 3.63) is 96.3 Å². The van der Waals surface area contributed by atoms with Crippen molar-refractivity contribution in [2.45, 2.75) is 90.3 Å². The molecule has 16 heteroatoms. The van der Waals surface area contributed by atoms with E-state index in [0.717, 1.165) is 86.0 Å². The van der Waals surface area contributed by atoms with Crippen LogP contribution in [0.25, 0.3) is 55.2 Å². The number of hydrogen-bond donors (Lipinski definition) is 4. The summed E-state index contributed by atoms with van der Waals surface area (Å²) in [6.07, 6.45) is 3.29. The third-order valence-electron chi connectivity index (χ3n) is 13.5. The summed E-state index contributed by atoms with van der Waals surface area (Å²) in [5, 5.41) is 9.89. The first kappa shape index (κ1) is 46.3. The van der Waals surface area contributed by atoms with Gasteiger partial charge in [-0.3, -0.25) is 9.59 Å². The molecule has 4 bridgehead atoms. The van der Waals surface area contributed by atoms with Gasteiger partial charge in [-0.25, -0.2) is 19.6 Å². The van der Waals surface area contributed by atoms with E-state index in [2.05, 4.69) is 93.4 Å². The first-order valence-corrected chi connectivity index (χ1v) is 23.6. The van der Waals surface area contributed by atoms with Crippen molar-refractivity contribution in [1.82, 2.24) is 40.4 Å². The predicted molar refractivity (Wildman–Crippen MR) is 257 cm³/mol. The highest BCUT2D eigenvalue weighted by molar-refractivity contribution is 6.01. The molecule has 0 saturated carbocycles. The Hall–Kier alpha value is -6.78. The average molecular weight is 925 g/mol. The Morgan fingerprint density at radius 1 is 0.691 bits per heavy atom. The van der Waals surface area contributed by atoms with Crippen LogP contribution in [0.2, 0.25) is 0 Å². The van der Waals surface area contributed by atoms with Gasteiger partial charge in [-0.15, -0.1) is 0 Å². The van der Waals surface area contributed by atoms with Crippen LogP contribution in [-0.4, -0.2) is 112 Å². The first-order chi connectivity index (χ1) is 32.9. The second-order valence-corrected chi connectivity index (χ2v) is 18.7. The summed E-state index contributed by atoms with van der Waals surface area (Å²) in [7, 11) is 2.58. The van der Waals surface area contributed by atoms with Crippen LogP contribution in [0.1, 0.15) is 82.8 Å². The van der Waals surface area contributed by atoms with E-state index in [1.54, 1.807) is 4.90 Å². The van der Waals surface area contributed by atoms with Crippen LogP contribution in [-0.2, 0) is 35.1 Å². The van der Waals surface area contributed by atoms with E-state index in [0.29, 0.717) is 45.2 Å². The molecule has 3 aliphatic heterocycles. The molecule has 5 atom stereocenters. The van der Waals surface area contributed by atoms with Gasteiger partial charge in [0, 0.05) is 43.9 Å². The number of H-pyrrole nitrogens is 2. The number of nitrogens with one attached hydrogen (secondary N) is 4. The molecule has 4 N–H and O–H groups in total. The number of nitrogens with zero attached hydrogens (tertiary/aromatic N) is 4. The number of rotatable bonds is 10. The minimum Gasteiger partial charge on any atom is -0.453 e. The fourth-order valence-corrected chi connectivity index (χ4v) is 9.83. The van der Waals surface area contributed by atoms with Gasteiger partial charge in [-0.1, -0.05) is 76.2 Å². The Labute approximate surface area is 395 Å². The normalized spacial score (nSPS) is 19.4. The Balaban J connectivity index is 0.932. The predicted octanol–water partition coefficient (Wildman–Crippen LogP) is 8.44. The van der Waals surface area contributed by atoms with Gasteiger partial charge in [-0.2, -0.15) is 0 Å². The summed E-state index contributed by atoms with van der Waals surface area (Å²) >= 11 is 0. The Bertz CT molecular complexity index is 2820. The number of alkyl carbamates (subject to hydrolysis) is 2. The molecule has 4 aromatic carbocycles. The van der Waals surface area contributed by atoms with Crippen molar-refractivity contribution in [3.63, 3.8) is 0 Å². The highest BCUT2D eigenvalue weighted by atomic mass is 16.5. The maximum Gasteiger partial charge on any atom is 0.407 e. The van der Waals surface area contributed by atoms with Crippen LogP contribution in [0.15, 0.2) is 79.0 Å². The lowest BCUT2D eigenvalue weighted by molar-refractivity contribution is -0.136. The minimum absolute atomic E-state index is 0.113. The minimum atomic E-state index is -0.771. The molecule has 0 radical (unpaired) electrons. The number of carbonyl (C=O) groups is 4. The number of methoxy groups -OCH3 is 2. The number of hydrogen-bond acceptors (Lipinski definition) is 10. The van der Waals surface area contributed by atoms with Crippen LogP contribution >= 0.6 is 0 Å². The van der Waals surface area contributed by atoms with Gasteiger partial charge in [-0.05, 0) is 88.0 Å². The fourth-order valence-electron chi connectivity index (χ4n) is 9.83. The summed E-state index contributed by atoms with van der Waals surface area (Å²) in [6.45, 7) is 9.96. The van der Waals surface area contributed by atoms with Gasteiger partial charge in [0.05, 0.1) is 62.3 Å². The SMILES string of the molecule is COC(=O)N[C@H](C(=O)N1C[C@@H]2C[C@H]1c1nc(-c3ccc(-c4ccc5cc6cc(-c7cnc([C@@H]8CCCN8C(=O)[C@H](NC(=O)OC)C(C)C)[nH]7)ccc6cc5c4)cc3)c([nH]1)COCCCO2)C(C)C. The van der Waals surface area contributed by atoms with E-state index >= 15 is 0 Å². The number of imidazole rings is 2. The molecule has 2 aromatic heterocycles. The molecular weight excluding hydrogens is 865 g/mol. The number of likely N-dealkylation sites (tertiary alicyclic amines) is 2. The summed E-state index contributed by atoms with van der Waals surface area (Å²) in [6, 6.07) is 23.6. The van der Waals surface area contributed by atoms with Crippen LogP contribution < -0.4 is 10.6 Å². The number of aromatic amines is 2. The van der Waals surface area contributed by atoms with Crippen molar-refractivity contribution >= 4 is 45.5 Å². The third kappa shape index (κ3) is 9.52. The van der Waals surface area contributed by atoms with Crippen molar-refractivity contribution in [1.29, 1.82) is 0 Å². The zero-order valence-corrected chi connectivity index (χ0v) is 39.5. The van der Waals surface area contributed by atoms with Gasteiger partial charge >= 0.3 is 12.2 Å². The van der Waals surface area contributed by atoms with Crippen LogP contribution in [0.3, 0.4) is 0 Å². The van der Waals surface area contributed by atoms with Gasteiger partial charge in [0.25, 0.3) is 0 Å². The maximum atomic E-state index is 14.1. The van der Waals surface area contributed by atoms with E-state index < -0.39 is 24.3 Å². The molecule has 9 rings (SSSR count). The van der Waals surface area contributed by atoms with Crippen molar-refractivity contribution in [3.8, 4) is 33.6 Å². The highest BCUT2D eigenvalue weighted by Crippen LogP contribution is 2.38. The molecule has 2 saturated heterocycles. The Morgan fingerprint density at radius 3 is 1.97 bits per heavy atom. The van der Waals surface area contributed by atoms with Gasteiger partial charge < -0.3 is 49.3 Å². The molecule has 2 fully saturated rings. The van der Waals surface area contributed by atoms with Crippen molar-refractivity contribution in [2.75, 3.05) is 40.5 Å². The maximum absolute atomic E-state index is 14.1. The second kappa shape index (κ2) is 19.8. The molecule has 4 amide bonds. The molecule has 0 spiro atoms. The van der Waals surface area contributed by atoms with E-state index in [1.807, 2.05) is 38.8 Å². The summed E-state index contributed by atoms with van der Waals surface area (Å²) in [5.74, 6) is 0.757. The quantitative estimate of drug-likeness (QED) is 0.0970. The average Bonchev–Trinajstić information content (AvgIpc) is 4.18. The Kier molecular flexibility index (Phi) is 13.5. The van der Waals surface area contributed by atoms with Crippen LogP contribution in [0.5, 0.6) is 0 Å². The number of carbonyl (C=O) groups excluding carboxylic acids is 4. The molecule has 5 heterocycles. The first-order valence-electron chi connectivity index (χ1n) is 23.6. The number of amides is 4. The molecule has 0 unspecified atom stereocenters. The van der Waals surface area contributed by atoms with E-state index in [4.69, 9.17) is 28.9 Å². The molecule has 3 aliphatic rings. The number of benzene rings is 4. The lowest BCUT2D eigenvalue weighted by Gasteiger charge is -2.30.